The van der Waals surface area contributed by atoms with E-state index in [0.29, 0.717) is 12.0 Å². The van der Waals surface area contributed by atoms with E-state index in [2.05, 4.69) is 13.2 Å². The van der Waals surface area contributed by atoms with Crippen molar-refractivity contribution >= 4 is 11.4 Å². The average molecular weight is 354 g/mol. The predicted molar refractivity (Wildman–Crippen MR) is 111 cm³/mol. The van der Waals surface area contributed by atoms with Gasteiger partial charge in [0, 0.05) is 12.0 Å². The number of benzene rings is 3. The van der Waals surface area contributed by atoms with Crippen LogP contribution in [0.5, 0.6) is 0 Å². The molecular formula is C25H22O2. The van der Waals surface area contributed by atoms with Crippen molar-refractivity contribution < 1.29 is 9.90 Å². The topological polar surface area (TPSA) is 37.3 Å². The highest BCUT2D eigenvalue weighted by Crippen LogP contribution is 2.30. The second-order valence-corrected chi connectivity index (χ2v) is 6.47. The second-order valence-electron chi connectivity index (χ2n) is 6.47. The summed E-state index contributed by atoms with van der Waals surface area (Å²) in [5.41, 5.74) is 5.00. The smallest absolute Gasteiger partial charge is 0.185 e. The number of allylic oxidation sites excluding steroid dienone is 1. The molecule has 3 aromatic carbocycles. The molecule has 1 atom stereocenters. The third-order valence-corrected chi connectivity index (χ3v) is 4.54. The number of aliphatic hydroxyl groups excluding tert-OH is 1. The van der Waals surface area contributed by atoms with Gasteiger partial charge in [-0.3, -0.25) is 4.79 Å². The zero-order chi connectivity index (χ0) is 19.2. The Labute approximate surface area is 160 Å². The number of carbonyl (C=O) groups is 1. The minimum Gasteiger partial charge on any atom is -0.388 e. The molecule has 2 nitrogen and oxygen atoms in total. The summed E-state index contributed by atoms with van der Waals surface area (Å²) in [6.07, 6.45) is 1.07. The summed E-state index contributed by atoms with van der Waals surface area (Å²) in [6.45, 7) is 7.74. The Morgan fingerprint density at radius 3 is 2.11 bits per heavy atom. The molecule has 1 N–H and O–H groups in total. The first kappa shape index (κ1) is 18.6. The van der Waals surface area contributed by atoms with Crippen LogP contribution in [-0.2, 0) is 0 Å². The van der Waals surface area contributed by atoms with Crippen LogP contribution in [0, 0.1) is 0 Å². The Hall–Kier alpha value is -3.23. The van der Waals surface area contributed by atoms with Crippen molar-refractivity contribution in [3.63, 3.8) is 0 Å². The van der Waals surface area contributed by atoms with Crippen LogP contribution in [0.2, 0.25) is 0 Å². The lowest BCUT2D eigenvalue weighted by Crippen LogP contribution is -2.01. The van der Waals surface area contributed by atoms with Crippen molar-refractivity contribution in [2.45, 2.75) is 12.5 Å². The summed E-state index contributed by atoms with van der Waals surface area (Å²) in [5, 5.41) is 10.5. The third-order valence-electron chi connectivity index (χ3n) is 4.54. The molecule has 3 rings (SSSR count). The normalized spacial score (nSPS) is 11.6. The monoisotopic (exact) mass is 354 g/mol. The van der Waals surface area contributed by atoms with E-state index in [1.54, 1.807) is 0 Å². The molecule has 0 saturated heterocycles. The van der Waals surface area contributed by atoms with Crippen LogP contribution < -0.4 is 0 Å². The van der Waals surface area contributed by atoms with Gasteiger partial charge in [0.15, 0.2) is 5.78 Å². The Kier molecular flexibility index (Phi) is 5.80. The quantitative estimate of drug-likeness (QED) is 0.426. The Balaban J connectivity index is 1.95. The number of rotatable bonds is 7. The maximum Gasteiger partial charge on any atom is 0.185 e. The Bertz CT molecular complexity index is 956. The molecule has 0 aliphatic carbocycles. The molecule has 0 bridgehead atoms. The lowest BCUT2D eigenvalue weighted by atomic mass is 9.92. The second kappa shape index (κ2) is 8.43. The molecule has 1 unspecified atom stereocenters. The fourth-order valence-corrected chi connectivity index (χ4v) is 3.03. The van der Waals surface area contributed by atoms with Crippen LogP contribution >= 0.6 is 0 Å². The molecular weight excluding hydrogens is 332 g/mol. The zero-order valence-electron chi connectivity index (χ0n) is 15.1. The Morgan fingerprint density at radius 2 is 1.48 bits per heavy atom. The number of aliphatic hydroxyl groups is 1. The number of hydrogen-bond acceptors (Lipinski definition) is 2. The highest BCUT2D eigenvalue weighted by Gasteiger charge is 2.13. The summed E-state index contributed by atoms with van der Waals surface area (Å²) in [7, 11) is 0. The first-order valence-corrected chi connectivity index (χ1v) is 8.87. The van der Waals surface area contributed by atoms with Crippen molar-refractivity contribution in [1.29, 1.82) is 0 Å². The molecule has 0 amide bonds. The van der Waals surface area contributed by atoms with Gasteiger partial charge in [0.2, 0.25) is 0 Å². The van der Waals surface area contributed by atoms with E-state index in [9.17, 15) is 9.90 Å². The number of hydrogen-bond donors (Lipinski definition) is 1. The lowest BCUT2D eigenvalue weighted by molar-refractivity contribution is 0.104. The van der Waals surface area contributed by atoms with Gasteiger partial charge in [0.05, 0.1) is 6.10 Å². The molecule has 27 heavy (non-hydrogen) atoms. The van der Waals surface area contributed by atoms with E-state index >= 15 is 0 Å². The van der Waals surface area contributed by atoms with E-state index in [0.717, 1.165) is 27.8 Å². The van der Waals surface area contributed by atoms with Gasteiger partial charge in [-0.2, -0.15) is 0 Å². The molecule has 0 aliphatic rings. The highest BCUT2D eigenvalue weighted by atomic mass is 16.3. The van der Waals surface area contributed by atoms with Gasteiger partial charge in [0.25, 0.3) is 0 Å². The lowest BCUT2D eigenvalue weighted by Gasteiger charge is -2.15. The predicted octanol–water partition coefficient (Wildman–Crippen LogP) is 5.86. The van der Waals surface area contributed by atoms with Gasteiger partial charge in [0.1, 0.15) is 0 Å². The molecule has 2 heteroatoms. The van der Waals surface area contributed by atoms with Gasteiger partial charge in [-0.15, -0.1) is 0 Å². The highest BCUT2D eigenvalue weighted by molar-refractivity contribution is 6.05. The van der Waals surface area contributed by atoms with Crippen LogP contribution in [0.25, 0.3) is 16.7 Å². The molecule has 0 heterocycles. The van der Waals surface area contributed by atoms with Crippen molar-refractivity contribution in [3.8, 4) is 11.1 Å². The van der Waals surface area contributed by atoms with Crippen LogP contribution in [0.15, 0.2) is 98.1 Å². The van der Waals surface area contributed by atoms with E-state index in [1.165, 1.54) is 6.08 Å². The van der Waals surface area contributed by atoms with E-state index < -0.39 is 6.10 Å². The van der Waals surface area contributed by atoms with Crippen molar-refractivity contribution in [3.05, 3.63) is 115 Å². The van der Waals surface area contributed by atoms with Crippen LogP contribution in [0.4, 0.5) is 0 Å². The molecule has 0 radical (unpaired) electrons. The SMILES string of the molecule is C=CC(=O)c1cc(C(=C)CC(O)c2ccccc2)cc(-c2ccccc2)c1. The molecule has 0 spiro atoms. The average Bonchev–Trinajstić information content (AvgIpc) is 2.74. The zero-order valence-corrected chi connectivity index (χ0v) is 15.1. The molecule has 3 aromatic rings. The van der Waals surface area contributed by atoms with Crippen LogP contribution in [0.1, 0.15) is 34.0 Å². The number of ketones is 1. The molecule has 0 aliphatic heterocycles. The minimum absolute atomic E-state index is 0.134. The van der Waals surface area contributed by atoms with Crippen molar-refractivity contribution in [1.82, 2.24) is 0 Å². The van der Waals surface area contributed by atoms with E-state index in [1.807, 2.05) is 78.9 Å². The van der Waals surface area contributed by atoms with Gasteiger partial charge in [-0.1, -0.05) is 73.8 Å². The van der Waals surface area contributed by atoms with Gasteiger partial charge in [-0.25, -0.2) is 0 Å². The maximum absolute atomic E-state index is 12.2. The van der Waals surface area contributed by atoms with Gasteiger partial charge in [-0.05, 0) is 52.1 Å². The molecule has 0 fully saturated rings. The summed E-state index contributed by atoms with van der Waals surface area (Å²) in [4.78, 5) is 12.2. The van der Waals surface area contributed by atoms with Crippen molar-refractivity contribution in [2.75, 3.05) is 0 Å². The number of carbonyl (C=O) groups excluding carboxylic acids is 1. The fraction of sp³-hybridized carbons (Fsp3) is 0.0800. The fourth-order valence-electron chi connectivity index (χ4n) is 3.03. The summed E-state index contributed by atoms with van der Waals surface area (Å²) >= 11 is 0. The Morgan fingerprint density at radius 1 is 0.889 bits per heavy atom. The molecule has 0 saturated carbocycles. The molecule has 0 aromatic heterocycles. The van der Waals surface area contributed by atoms with Gasteiger partial charge >= 0.3 is 0 Å². The largest absolute Gasteiger partial charge is 0.388 e. The van der Waals surface area contributed by atoms with Crippen LogP contribution in [0.3, 0.4) is 0 Å². The minimum atomic E-state index is -0.641. The first-order chi connectivity index (χ1) is 13.1. The summed E-state index contributed by atoms with van der Waals surface area (Å²) < 4.78 is 0. The van der Waals surface area contributed by atoms with E-state index in [-0.39, 0.29) is 5.78 Å². The standard InChI is InChI=1S/C25H22O2/c1-3-24(26)23-16-21(15-22(17-23)19-10-6-4-7-11-19)18(2)14-25(27)20-12-8-5-9-13-20/h3-13,15-17,25,27H,1-2,14H2. The third kappa shape index (κ3) is 4.49. The summed E-state index contributed by atoms with van der Waals surface area (Å²) in [6, 6.07) is 25.1. The van der Waals surface area contributed by atoms with Crippen LogP contribution in [-0.4, -0.2) is 10.9 Å². The van der Waals surface area contributed by atoms with E-state index in [4.69, 9.17) is 0 Å². The summed E-state index contributed by atoms with van der Waals surface area (Å²) in [5.74, 6) is -0.134. The van der Waals surface area contributed by atoms with Gasteiger partial charge < -0.3 is 5.11 Å². The molecule has 134 valence electrons. The first-order valence-electron chi connectivity index (χ1n) is 8.87. The van der Waals surface area contributed by atoms with Crippen molar-refractivity contribution in [2.24, 2.45) is 0 Å². The maximum atomic E-state index is 12.2.